The van der Waals surface area contributed by atoms with Crippen LogP contribution in [0.5, 0.6) is 5.75 Å². The number of nitrogens with zero attached hydrogens (tertiary/aromatic N) is 1. The summed E-state index contributed by atoms with van der Waals surface area (Å²) in [6.07, 6.45) is 0. The van der Waals surface area contributed by atoms with Crippen LogP contribution in [0.1, 0.15) is 11.3 Å². The second kappa shape index (κ2) is 7.21. The highest BCUT2D eigenvalue weighted by Gasteiger charge is 2.23. The number of hydrogen-bond donors (Lipinski definition) is 1. The van der Waals surface area contributed by atoms with Crippen molar-refractivity contribution in [1.82, 2.24) is 5.16 Å². The molecule has 0 unspecified atom stereocenters. The molecule has 0 aliphatic carbocycles. The Labute approximate surface area is 160 Å². The van der Waals surface area contributed by atoms with Crippen molar-refractivity contribution in [3.8, 4) is 17.1 Å². The van der Waals surface area contributed by atoms with Crippen molar-refractivity contribution in [3.05, 3.63) is 58.5 Å². The van der Waals surface area contributed by atoms with Crippen LogP contribution in [-0.2, 0) is 10.0 Å². The fraction of sp³-hybridized carbons (Fsp3) is 0.167. The highest BCUT2D eigenvalue weighted by molar-refractivity contribution is 7.92. The Morgan fingerprint density at radius 3 is 2.52 bits per heavy atom. The fourth-order valence-corrected chi connectivity index (χ4v) is 3.91. The van der Waals surface area contributed by atoms with Crippen molar-refractivity contribution in [1.29, 1.82) is 0 Å². The van der Waals surface area contributed by atoms with E-state index in [-0.39, 0.29) is 21.4 Å². The van der Waals surface area contributed by atoms with Crippen LogP contribution in [-0.4, -0.2) is 20.7 Å². The first-order valence-corrected chi connectivity index (χ1v) is 9.68. The van der Waals surface area contributed by atoms with Crippen LogP contribution >= 0.6 is 11.6 Å². The van der Waals surface area contributed by atoms with E-state index in [0.29, 0.717) is 17.0 Å². The van der Waals surface area contributed by atoms with Crippen LogP contribution in [0, 0.1) is 19.7 Å². The van der Waals surface area contributed by atoms with E-state index in [1.54, 1.807) is 13.0 Å². The van der Waals surface area contributed by atoms with Crippen molar-refractivity contribution in [2.75, 3.05) is 11.8 Å². The molecule has 142 valence electrons. The third-order valence-electron chi connectivity index (χ3n) is 4.04. The van der Waals surface area contributed by atoms with E-state index in [2.05, 4.69) is 9.88 Å². The predicted molar refractivity (Wildman–Crippen MR) is 100 cm³/mol. The van der Waals surface area contributed by atoms with Gasteiger partial charge in [0, 0.05) is 11.1 Å². The normalized spacial score (nSPS) is 11.4. The van der Waals surface area contributed by atoms with Gasteiger partial charge in [-0.15, -0.1) is 0 Å². The van der Waals surface area contributed by atoms with Gasteiger partial charge in [-0.05, 0) is 50.2 Å². The van der Waals surface area contributed by atoms with Gasteiger partial charge in [0.05, 0.1) is 23.5 Å². The van der Waals surface area contributed by atoms with Gasteiger partial charge in [-0.3, -0.25) is 4.72 Å². The summed E-state index contributed by atoms with van der Waals surface area (Å²) in [5, 5.41) is 3.70. The quantitative estimate of drug-likeness (QED) is 0.666. The lowest BCUT2D eigenvalue weighted by Gasteiger charge is -2.13. The largest absolute Gasteiger partial charge is 0.495 e. The molecular weight excluding hydrogens is 395 g/mol. The Morgan fingerprint density at radius 2 is 1.93 bits per heavy atom. The molecule has 0 fully saturated rings. The Balaban J connectivity index is 2.06. The molecular formula is C18H16ClFN2O4S. The molecule has 1 heterocycles. The Morgan fingerprint density at radius 1 is 1.19 bits per heavy atom. The maximum absolute atomic E-state index is 13.3. The first kappa shape index (κ1) is 19.2. The van der Waals surface area contributed by atoms with Crippen LogP contribution in [0.25, 0.3) is 11.3 Å². The van der Waals surface area contributed by atoms with E-state index < -0.39 is 15.8 Å². The van der Waals surface area contributed by atoms with E-state index in [9.17, 15) is 12.8 Å². The molecule has 0 bridgehead atoms. The lowest BCUT2D eigenvalue weighted by Crippen LogP contribution is -2.14. The summed E-state index contributed by atoms with van der Waals surface area (Å²) in [6, 6.07) is 8.18. The average Bonchev–Trinajstić information content (AvgIpc) is 2.96. The van der Waals surface area contributed by atoms with Gasteiger partial charge in [-0.2, -0.15) is 0 Å². The molecule has 0 spiro atoms. The molecule has 2 aromatic carbocycles. The number of anilines is 1. The standard InChI is InChI=1S/C18H16ClFN2O4S/c1-10-11(2)21-26-18(10)12-4-7-16(25-3)17(8-12)27(23,24)22-13-5-6-15(20)14(19)9-13/h4-9,22H,1-3H3. The van der Waals surface area contributed by atoms with E-state index in [4.69, 9.17) is 20.9 Å². The van der Waals surface area contributed by atoms with E-state index in [0.717, 1.165) is 11.6 Å². The summed E-state index contributed by atoms with van der Waals surface area (Å²) >= 11 is 5.72. The van der Waals surface area contributed by atoms with Crippen LogP contribution in [0.4, 0.5) is 10.1 Å². The maximum atomic E-state index is 13.3. The zero-order valence-corrected chi connectivity index (χ0v) is 16.3. The lowest BCUT2D eigenvalue weighted by molar-refractivity contribution is 0.402. The van der Waals surface area contributed by atoms with Gasteiger partial charge < -0.3 is 9.26 Å². The summed E-state index contributed by atoms with van der Waals surface area (Å²) in [5.41, 5.74) is 2.18. The summed E-state index contributed by atoms with van der Waals surface area (Å²) in [4.78, 5) is -0.101. The number of aryl methyl sites for hydroxylation is 1. The van der Waals surface area contributed by atoms with Crippen molar-refractivity contribution in [2.45, 2.75) is 18.7 Å². The first-order chi connectivity index (χ1) is 12.7. The van der Waals surface area contributed by atoms with Crippen LogP contribution in [0.2, 0.25) is 5.02 Å². The molecule has 6 nitrogen and oxygen atoms in total. The molecule has 27 heavy (non-hydrogen) atoms. The third kappa shape index (κ3) is 3.77. The second-order valence-electron chi connectivity index (χ2n) is 5.82. The number of ether oxygens (including phenoxy) is 1. The van der Waals surface area contributed by atoms with Gasteiger partial charge in [0.15, 0.2) is 5.76 Å². The van der Waals surface area contributed by atoms with Gasteiger partial charge >= 0.3 is 0 Å². The molecule has 0 amide bonds. The highest BCUT2D eigenvalue weighted by Crippen LogP contribution is 2.33. The topological polar surface area (TPSA) is 81.4 Å². The minimum absolute atomic E-state index is 0.101. The number of halogens is 2. The Hall–Kier alpha value is -2.58. The van der Waals surface area contributed by atoms with Gasteiger partial charge in [-0.1, -0.05) is 16.8 Å². The zero-order chi connectivity index (χ0) is 19.8. The molecule has 0 saturated heterocycles. The maximum Gasteiger partial charge on any atom is 0.265 e. The van der Waals surface area contributed by atoms with Gasteiger partial charge in [-0.25, -0.2) is 12.8 Å². The number of hydrogen-bond acceptors (Lipinski definition) is 5. The number of nitrogens with one attached hydrogen (secondary N) is 1. The Kier molecular flexibility index (Phi) is 5.12. The zero-order valence-electron chi connectivity index (χ0n) is 14.7. The van der Waals surface area contributed by atoms with Crippen LogP contribution in [0.15, 0.2) is 45.8 Å². The Bertz CT molecular complexity index is 1110. The van der Waals surface area contributed by atoms with Gasteiger partial charge in [0.2, 0.25) is 0 Å². The number of aromatic nitrogens is 1. The summed E-state index contributed by atoms with van der Waals surface area (Å²) in [7, 11) is -2.67. The third-order valence-corrected chi connectivity index (χ3v) is 5.74. The highest BCUT2D eigenvalue weighted by atomic mass is 35.5. The molecule has 1 N–H and O–H groups in total. The molecule has 0 radical (unpaired) electrons. The number of methoxy groups -OCH3 is 1. The molecule has 9 heteroatoms. The van der Waals surface area contributed by atoms with Crippen molar-refractivity contribution in [3.63, 3.8) is 0 Å². The van der Waals surface area contributed by atoms with E-state index in [1.807, 2.05) is 6.92 Å². The van der Waals surface area contributed by atoms with Gasteiger partial charge in [0.1, 0.15) is 16.5 Å². The fourth-order valence-electron chi connectivity index (χ4n) is 2.48. The van der Waals surface area contributed by atoms with Crippen LogP contribution in [0.3, 0.4) is 0 Å². The minimum atomic E-state index is -4.04. The van der Waals surface area contributed by atoms with E-state index in [1.165, 1.54) is 31.4 Å². The molecule has 3 aromatic rings. The molecule has 1 aromatic heterocycles. The predicted octanol–water partition coefficient (Wildman–Crippen LogP) is 4.56. The smallest absolute Gasteiger partial charge is 0.265 e. The molecule has 0 aliphatic heterocycles. The molecule has 0 aliphatic rings. The van der Waals surface area contributed by atoms with Crippen molar-refractivity contribution in [2.24, 2.45) is 0 Å². The van der Waals surface area contributed by atoms with Gasteiger partial charge in [0.25, 0.3) is 10.0 Å². The SMILES string of the molecule is COc1ccc(-c2onc(C)c2C)cc1S(=O)(=O)Nc1ccc(F)c(Cl)c1. The number of sulfonamides is 1. The van der Waals surface area contributed by atoms with Crippen LogP contribution < -0.4 is 9.46 Å². The first-order valence-electron chi connectivity index (χ1n) is 7.82. The lowest BCUT2D eigenvalue weighted by atomic mass is 10.1. The molecule has 0 saturated carbocycles. The van der Waals surface area contributed by atoms with Crippen molar-refractivity contribution < 1.29 is 22.1 Å². The number of benzene rings is 2. The summed E-state index contributed by atoms with van der Waals surface area (Å²) < 4.78 is 51.9. The minimum Gasteiger partial charge on any atom is -0.495 e. The number of rotatable bonds is 5. The second-order valence-corrected chi connectivity index (χ2v) is 7.88. The average molecular weight is 411 g/mol. The molecule has 0 atom stereocenters. The molecule has 3 rings (SSSR count). The van der Waals surface area contributed by atoms with E-state index >= 15 is 0 Å². The van der Waals surface area contributed by atoms with Crippen molar-refractivity contribution >= 4 is 27.3 Å². The summed E-state index contributed by atoms with van der Waals surface area (Å²) in [6.45, 7) is 3.63. The summed E-state index contributed by atoms with van der Waals surface area (Å²) in [5.74, 6) is -0.0277. The monoisotopic (exact) mass is 410 g/mol.